The topological polar surface area (TPSA) is 35.5 Å². The van der Waals surface area contributed by atoms with E-state index >= 15 is 0 Å². The summed E-state index contributed by atoms with van der Waals surface area (Å²) in [5, 5.41) is 12.4. The third-order valence-corrected chi connectivity index (χ3v) is 3.83. The van der Waals surface area contributed by atoms with E-state index in [1.165, 1.54) is 25.8 Å². The van der Waals surface area contributed by atoms with E-state index in [1.807, 2.05) is 0 Å². The lowest BCUT2D eigenvalue weighted by Gasteiger charge is -2.31. The van der Waals surface area contributed by atoms with Gasteiger partial charge in [-0.15, -0.1) is 0 Å². The molecule has 0 aromatic rings. The predicted molar refractivity (Wildman–Crippen MR) is 68.6 cm³/mol. The van der Waals surface area contributed by atoms with Gasteiger partial charge in [0, 0.05) is 31.8 Å². The number of rotatable bonds is 7. The van der Waals surface area contributed by atoms with Gasteiger partial charge < -0.3 is 15.3 Å². The molecule has 0 aliphatic heterocycles. The monoisotopic (exact) mass is 228 g/mol. The molecule has 0 bridgehead atoms. The van der Waals surface area contributed by atoms with Crippen molar-refractivity contribution in [1.29, 1.82) is 0 Å². The first-order valence-corrected chi connectivity index (χ1v) is 6.71. The third kappa shape index (κ3) is 4.04. The van der Waals surface area contributed by atoms with E-state index in [0.29, 0.717) is 18.7 Å². The van der Waals surface area contributed by atoms with Crippen LogP contribution in [0.15, 0.2) is 0 Å². The van der Waals surface area contributed by atoms with E-state index in [-0.39, 0.29) is 0 Å². The first-order valence-electron chi connectivity index (χ1n) is 6.71. The van der Waals surface area contributed by atoms with Crippen molar-refractivity contribution >= 4 is 0 Å². The molecule has 0 aromatic heterocycles. The Hall–Kier alpha value is -0.120. The molecule has 3 nitrogen and oxygen atoms in total. The SMILES string of the molecule is CNC1CCCC1CN(CCCO)C(C)C. The quantitative estimate of drug-likeness (QED) is 0.692. The molecule has 1 saturated carbocycles. The van der Waals surface area contributed by atoms with E-state index in [1.54, 1.807) is 0 Å². The van der Waals surface area contributed by atoms with Gasteiger partial charge in [0.15, 0.2) is 0 Å². The van der Waals surface area contributed by atoms with Crippen LogP contribution in [0.25, 0.3) is 0 Å². The summed E-state index contributed by atoms with van der Waals surface area (Å²) in [7, 11) is 2.08. The molecule has 2 unspecified atom stereocenters. The van der Waals surface area contributed by atoms with E-state index < -0.39 is 0 Å². The van der Waals surface area contributed by atoms with E-state index in [2.05, 4.69) is 31.1 Å². The molecular weight excluding hydrogens is 200 g/mol. The number of aliphatic hydroxyl groups excluding tert-OH is 1. The van der Waals surface area contributed by atoms with E-state index in [9.17, 15) is 0 Å². The first-order chi connectivity index (χ1) is 7.69. The molecule has 0 aromatic carbocycles. The minimum atomic E-state index is 0.309. The number of hydrogen-bond acceptors (Lipinski definition) is 3. The fourth-order valence-electron chi connectivity index (χ4n) is 2.77. The zero-order valence-corrected chi connectivity index (χ0v) is 11.1. The van der Waals surface area contributed by atoms with Crippen LogP contribution in [-0.2, 0) is 0 Å². The molecule has 1 aliphatic rings. The normalized spacial score (nSPS) is 25.9. The summed E-state index contributed by atoms with van der Waals surface area (Å²) in [6, 6.07) is 1.29. The average Bonchev–Trinajstić information content (AvgIpc) is 2.70. The Morgan fingerprint density at radius 2 is 2.12 bits per heavy atom. The van der Waals surface area contributed by atoms with Gasteiger partial charge in [0.2, 0.25) is 0 Å². The molecule has 2 N–H and O–H groups in total. The van der Waals surface area contributed by atoms with Gasteiger partial charge in [0.05, 0.1) is 0 Å². The van der Waals surface area contributed by atoms with Gasteiger partial charge >= 0.3 is 0 Å². The predicted octanol–water partition coefficient (Wildman–Crippen LogP) is 1.47. The molecule has 0 radical (unpaired) electrons. The minimum Gasteiger partial charge on any atom is -0.396 e. The van der Waals surface area contributed by atoms with Gasteiger partial charge in [-0.3, -0.25) is 0 Å². The maximum Gasteiger partial charge on any atom is 0.0443 e. The highest BCUT2D eigenvalue weighted by molar-refractivity contribution is 4.84. The Morgan fingerprint density at radius 1 is 1.38 bits per heavy atom. The van der Waals surface area contributed by atoms with Gasteiger partial charge in [-0.25, -0.2) is 0 Å². The van der Waals surface area contributed by atoms with E-state index in [4.69, 9.17) is 5.11 Å². The van der Waals surface area contributed by atoms with Crippen LogP contribution in [0, 0.1) is 5.92 Å². The molecular formula is C13H28N2O. The molecule has 16 heavy (non-hydrogen) atoms. The largest absolute Gasteiger partial charge is 0.396 e. The molecule has 1 aliphatic carbocycles. The Bertz CT molecular complexity index is 185. The smallest absolute Gasteiger partial charge is 0.0443 e. The van der Waals surface area contributed by atoms with Crippen LogP contribution < -0.4 is 5.32 Å². The Kier molecular flexibility index (Phi) is 6.32. The van der Waals surface area contributed by atoms with Crippen molar-refractivity contribution in [3.05, 3.63) is 0 Å². The zero-order valence-electron chi connectivity index (χ0n) is 11.1. The van der Waals surface area contributed by atoms with Crippen LogP contribution in [0.5, 0.6) is 0 Å². The van der Waals surface area contributed by atoms with Gasteiger partial charge in [-0.2, -0.15) is 0 Å². The highest BCUT2D eigenvalue weighted by Gasteiger charge is 2.27. The van der Waals surface area contributed by atoms with Gasteiger partial charge in [-0.05, 0) is 46.1 Å². The summed E-state index contributed by atoms with van der Waals surface area (Å²) < 4.78 is 0. The van der Waals surface area contributed by atoms with Crippen LogP contribution in [0.3, 0.4) is 0 Å². The van der Waals surface area contributed by atoms with Gasteiger partial charge in [-0.1, -0.05) is 6.42 Å². The second kappa shape index (κ2) is 7.25. The summed E-state index contributed by atoms with van der Waals surface area (Å²) in [6.07, 6.45) is 4.94. The lowest BCUT2D eigenvalue weighted by molar-refractivity contribution is 0.159. The number of nitrogens with one attached hydrogen (secondary N) is 1. The van der Waals surface area contributed by atoms with Crippen molar-refractivity contribution in [3.63, 3.8) is 0 Å². The van der Waals surface area contributed by atoms with Crippen molar-refractivity contribution in [2.45, 2.75) is 51.6 Å². The lowest BCUT2D eigenvalue weighted by Crippen LogP contribution is -2.41. The third-order valence-electron chi connectivity index (χ3n) is 3.83. The van der Waals surface area contributed by atoms with E-state index in [0.717, 1.165) is 18.9 Å². The minimum absolute atomic E-state index is 0.309. The molecule has 0 saturated heterocycles. The van der Waals surface area contributed by atoms with Gasteiger partial charge in [0.25, 0.3) is 0 Å². The second-order valence-electron chi connectivity index (χ2n) is 5.25. The maximum atomic E-state index is 8.92. The lowest BCUT2D eigenvalue weighted by atomic mass is 10.0. The van der Waals surface area contributed by atoms with Crippen molar-refractivity contribution in [1.82, 2.24) is 10.2 Å². The molecule has 1 fully saturated rings. The van der Waals surface area contributed by atoms with Crippen LogP contribution in [0.4, 0.5) is 0 Å². The molecule has 96 valence electrons. The molecule has 2 atom stereocenters. The Labute approximate surface area is 100 Å². The van der Waals surface area contributed by atoms with Crippen molar-refractivity contribution in [3.8, 4) is 0 Å². The molecule has 0 amide bonds. The molecule has 0 heterocycles. The van der Waals surface area contributed by atoms with Crippen molar-refractivity contribution < 1.29 is 5.11 Å². The van der Waals surface area contributed by atoms with Crippen molar-refractivity contribution in [2.24, 2.45) is 5.92 Å². The molecule has 3 heteroatoms. The fourth-order valence-corrected chi connectivity index (χ4v) is 2.77. The second-order valence-corrected chi connectivity index (χ2v) is 5.25. The molecule has 0 spiro atoms. The number of hydrogen-bond donors (Lipinski definition) is 2. The number of aliphatic hydroxyl groups is 1. The maximum absolute atomic E-state index is 8.92. The molecule has 1 rings (SSSR count). The summed E-state index contributed by atoms with van der Waals surface area (Å²) in [6.45, 7) is 7.02. The summed E-state index contributed by atoms with van der Waals surface area (Å²) in [5.41, 5.74) is 0. The summed E-state index contributed by atoms with van der Waals surface area (Å²) >= 11 is 0. The first kappa shape index (κ1) is 13.9. The Morgan fingerprint density at radius 3 is 2.69 bits per heavy atom. The summed E-state index contributed by atoms with van der Waals surface area (Å²) in [4.78, 5) is 2.51. The highest BCUT2D eigenvalue weighted by Crippen LogP contribution is 2.26. The van der Waals surface area contributed by atoms with Crippen LogP contribution in [0.2, 0.25) is 0 Å². The number of nitrogens with zero attached hydrogens (tertiary/aromatic N) is 1. The van der Waals surface area contributed by atoms with Crippen LogP contribution in [-0.4, -0.2) is 48.8 Å². The van der Waals surface area contributed by atoms with Crippen LogP contribution >= 0.6 is 0 Å². The average molecular weight is 228 g/mol. The highest BCUT2D eigenvalue weighted by atomic mass is 16.3. The van der Waals surface area contributed by atoms with Crippen molar-refractivity contribution in [2.75, 3.05) is 26.7 Å². The zero-order chi connectivity index (χ0) is 12.0. The fraction of sp³-hybridized carbons (Fsp3) is 1.00. The van der Waals surface area contributed by atoms with Crippen LogP contribution in [0.1, 0.15) is 39.5 Å². The van der Waals surface area contributed by atoms with Gasteiger partial charge in [0.1, 0.15) is 0 Å². The summed E-state index contributed by atoms with van der Waals surface area (Å²) in [5.74, 6) is 0.797. The Balaban J connectivity index is 2.40. The standard InChI is InChI=1S/C13H28N2O/c1-11(2)15(8-5-9-16)10-12-6-4-7-13(12)14-3/h11-14,16H,4-10H2,1-3H3.